The second-order valence-electron chi connectivity index (χ2n) is 9.22. The van der Waals surface area contributed by atoms with E-state index in [0.29, 0.717) is 31.0 Å². The van der Waals surface area contributed by atoms with E-state index >= 15 is 0 Å². The molecule has 0 aromatic heterocycles. The highest BCUT2D eigenvalue weighted by atomic mass is 79.9. The summed E-state index contributed by atoms with van der Waals surface area (Å²) in [5.41, 5.74) is 2.17. The molecule has 1 unspecified atom stereocenters. The smallest absolute Gasteiger partial charge is 0.264 e. The summed E-state index contributed by atoms with van der Waals surface area (Å²) in [7, 11) is -4.14. The van der Waals surface area contributed by atoms with E-state index in [-0.39, 0.29) is 17.3 Å². The Morgan fingerprint density at radius 1 is 0.975 bits per heavy atom. The Bertz CT molecular complexity index is 1400. The highest BCUT2D eigenvalue weighted by Gasteiger charge is 2.33. The highest BCUT2D eigenvalue weighted by molar-refractivity contribution is 9.10. The Labute approximate surface area is 245 Å². The fraction of sp³-hybridized carbons (Fsp3) is 0.333. The van der Waals surface area contributed by atoms with Gasteiger partial charge in [0.05, 0.1) is 17.2 Å². The first kappa shape index (κ1) is 31.2. The van der Waals surface area contributed by atoms with E-state index in [0.717, 1.165) is 19.9 Å². The summed E-state index contributed by atoms with van der Waals surface area (Å²) in [6.07, 6.45) is 0.367. The Morgan fingerprint density at radius 3 is 2.23 bits per heavy atom. The lowest BCUT2D eigenvalue weighted by atomic mass is 10.1. The van der Waals surface area contributed by atoms with Gasteiger partial charge in [-0.15, -0.1) is 0 Å². The molecule has 10 heteroatoms. The van der Waals surface area contributed by atoms with Gasteiger partial charge < -0.3 is 15.0 Å². The average Bonchev–Trinajstić information content (AvgIpc) is 2.92. The SMILES string of the molecule is CCNC(=O)C(CC)N(Cc1cccc(C)c1)C(=O)CN(c1ccc(OCC)cc1)S(=O)(=O)c1ccc(Br)cc1. The molecule has 40 heavy (non-hydrogen) atoms. The number of amides is 2. The van der Waals surface area contributed by atoms with Crippen LogP contribution in [-0.2, 0) is 26.2 Å². The summed E-state index contributed by atoms with van der Waals surface area (Å²) in [4.78, 5) is 28.6. The molecule has 0 radical (unpaired) electrons. The Balaban J connectivity index is 2.06. The number of likely N-dealkylation sites (N-methyl/N-ethyl adjacent to an activating group) is 1. The highest BCUT2D eigenvalue weighted by Crippen LogP contribution is 2.27. The van der Waals surface area contributed by atoms with Crippen molar-refractivity contribution >= 4 is 43.5 Å². The van der Waals surface area contributed by atoms with Crippen molar-refractivity contribution in [2.45, 2.75) is 51.6 Å². The molecule has 3 aromatic rings. The van der Waals surface area contributed by atoms with Gasteiger partial charge in [-0.2, -0.15) is 0 Å². The number of halogens is 1. The summed E-state index contributed by atoms with van der Waals surface area (Å²) in [6, 6.07) is 19.7. The Hall–Kier alpha value is -3.37. The molecule has 1 atom stereocenters. The molecule has 3 aromatic carbocycles. The van der Waals surface area contributed by atoms with E-state index in [1.807, 2.05) is 52.0 Å². The van der Waals surface area contributed by atoms with Crippen LogP contribution in [0.3, 0.4) is 0 Å². The minimum absolute atomic E-state index is 0.0402. The van der Waals surface area contributed by atoms with Crippen molar-refractivity contribution < 1.29 is 22.7 Å². The molecule has 0 spiro atoms. The summed E-state index contributed by atoms with van der Waals surface area (Å²) in [5, 5.41) is 2.81. The van der Waals surface area contributed by atoms with E-state index in [9.17, 15) is 18.0 Å². The quantitative estimate of drug-likeness (QED) is 0.277. The maximum absolute atomic E-state index is 14.0. The number of anilines is 1. The first-order valence-corrected chi connectivity index (χ1v) is 15.5. The van der Waals surface area contributed by atoms with Crippen molar-refractivity contribution in [1.82, 2.24) is 10.2 Å². The zero-order valence-corrected chi connectivity index (χ0v) is 25.7. The minimum Gasteiger partial charge on any atom is -0.494 e. The zero-order valence-electron chi connectivity index (χ0n) is 23.3. The number of hydrogen-bond donors (Lipinski definition) is 1. The number of rotatable bonds is 13. The Kier molecular flexibility index (Phi) is 11.2. The van der Waals surface area contributed by atoms with Gasteiger partial charge in [-0.25, -0.2) is 8.42 Å². The van der Waals surface area contributed by atoms with Gasteiger partial charge in [0.25, 0.3) is 10.0 Å². The summed E-state index contributed by atoms with van der Waals surface area (Å²) in [5.74, 6) is -0.189. The monoisotopic (exact) mass is 629 g/mol. The lowest BCUT2D eigenvalue weighted by molar-refractivity contribution is -0.140. The lowest BCUT2D eigenvalue weighted by Crippen LogP contribution is -2.52. The third kappa shape index (κ3) is 7.85. The van der Waals surface area contributed by atoms with Crippen LogP contribution in [0.15, 0.2) is 82.2 Å². The molecule has 0 saturated carbocycles. The number of carbonyl (C=O) groups excluding carboxylic acids is 2. The van der Waals surface area contributed by atoms with Crippen LogP contribution in [0, 0.1) is 6.92 Å². The van der Waals surface area contributed by atoms with Gasteiger partial charge in [-0.1, -0.05) is 52.7 Å². The van der Waals surface area contributed by atoms with Crippen molar-refractivity contribution in [3.05, 3.63) is 88.4 Å². The standard InChI is InChI=1S/C30H36BrN3O5S/c1-5-28(30(36)32-6-2)33(20-23-10-8-9-22(4)19-23)29(35)21-34(25-13-15-26(16-14-25)39-7-3)40(37,38)27-17-11-24(31)12-18-27/h8-19,28H,5-7,20-21H2,1-4H3,(H,32,36). The molecule has 214 valence electrons. The number of nitrogens with one attached hydrogen (secondary N) is 1. The van der Waals surface area contributed by atoms with Crippen LogP contribution in [0.5, 0.6) is 5.75 Å². The minimum atomic E-state index is -4.14. The number of aryl methyl sites for hydroxylation is 1. The molecule has 0 aliphatic heterocycles. The molecule has 8 nitrogen and oxygen atoms in total. The summed E-state index contributed by atoms with van der Waals surface area (Å²) >= 11 is 3.34. The van der Waals surface area contributed by atoms with Crippen LogP contribution in [-0.4, -0.2) is 50.9 Å². The van der Waals surface area contributed by atoms with Crippen molar-refractivity contribution in [2.75, 3.05) is 24.0 Å². The molecule has 0 heterocycles. The molecule has 0 bridgehead atoms. The van der Waals surface area contributed by atoms with E-state index in [1.54, 1.807) is 36.4 Å². The van der Waals surface area contributed by atoms with Crippen molar-refractivity contribution in [1.29, 1.82) is 0 Å². The van der Waals surface area contributed by atoms with Gasteiger partial charge in [0, 0.05) is 17.6 Å². The predicted molar refractivity (Wildman–Crippen MR) is 161 cm³/mol. The number of benzene rings is 3. The molecule has 0 fully saturated rings. The van der Waals surface area contributed by atoms with E-state index < -0.39 is 28.5 Å². The van der Waals surface area contributed by atoms with Gasteiger partial charge in [0.15, 0.2) is 0 Å². The van der Waals surface area contributed by atoms with Crippen LogP contribution < -0.4 is 14.4 Å². The van der Waals surface area contributed by atoms with Crippen LogP contribution in [0.1, 0.15) is 38.3 Å². The summed E-state index contributed by atoms with van der Waals surface area (Å²) < 4.78 is 35.2. The topological polar surface area (TPSA) is 96.0 Å². The fourth-order valence-electron chi connectivity index (χ4n) is 4.36. The molecular formula is C30H36BrN3O5S. The van der Waals surface area contributed by atoms with E-state index in [2.05, 4.69) is 21.2 Å². The van der Waals surface area contributed by atoms with E-state index in [4.69, 9.17) is 4.74 Å². The number of hydrogen-bond acceptors (Lipinski definition) is 5. The van der Waals surface area contributed by atoms with Crippen LogP contribution in [0.25, 0.3) is 0 Å². The van der Waals surface area contributed by atoms with E-state index in [1.165, 1.54) is 17.0 Å². The fourth-order valence-corrected chi connectivity index (χ4v) is 6.04. The number of carbonyl (C=O) groups is 2. The Morgan fingerprint density at radius 2 is 1.65 bits per heavy atom. The number of sulfonamides is 1. The second-order valence-corrected chi connectivity index (χ2v) is 12.0. The third-order valence-corrected chi connectivity index (χ3v) is 8.61. The largest absolute Gasteiger partial charge is 0.494 e. The third-order valence-electron chi connectivity index (χ3n) is 6.29. The molecule has 0 aliphatic carbocycles. The zero-order chi connectivity index (χ0) is 29.3. The van der Waals surface area contributed by atoms with Gasteiger partial charge >= 0.3 is 0 Å². The maximum atomic E-state index is 14.0. The molecular weight excluding hydrogens is 594 g/mol. The second kappa shape index (κ2) is 14.3. The lowest BCUT2D eigenvalue weighted by Gasteiger charge is -2.33. The van der Waals surface area contributed by atoms with Gasteiger partial charge in [0.1, 0.15) is 18.3 Å². The first-order valence-electron chi connectivity index (χ1n) is 13.2. The van der Waals surface area contributed by atoms with Crippen LogP contribution in [0.2, 0.25) is 0 Å². The van der Waals surface area contributed by atoms with Gasteiger partial charge in [-0.05, 0) is 81.3 Å². The first-order chi connectivity index (χ1) is 19.1. The van der Waals surface area contributed by atoms with Gasteiger partial charge in [-0.3, -0.25) is 13.9 Å². The predicted octanol–water partition coefficient (Wildman–Crippen LogP) is 5.30. The number of nitrogens with zero attached hydrogens (tertiary/aromatic N) is 2. The maximum Gasteiger partial charge on any atom is 0.264 e. The number of ether oxygens (including phenoxy) is 1. The average molecular weight is 631 g/mol. The van der Waals surface area contributed by atoms with Crippen LogP contribution in [0.4, 0.5) is 5.69 Å². The molecule has 0 aliphatic rings. The molecule has 1 N–H and O–H groups in total. The summed E-state index contributed by atoms with van der Waals surface area (Å²) in [6.45, 7) is 8.01. The molecule has 0 saturated heterocycles. The van der Waals surface area contributed by atoms with Crippen LogP contribution >= 0.6 is 15.9 Å². The van der Waals surface area contributed by atoms with Crippen molar-refractivity contribution in [3.8, 4) is 5.75 Å². The molecule has 3 rings (SSSR count). The van der Waals surface area contributed by atoms with Crippen molar-refractivity contribution in [3.63, 3.8) is 0 Å². The van der Waals surface area contributed by atoms with Crippen molar-refractivity contribution in [2.24, 2.45) is 0 Å². The molecule has 2 amide bonds. The van der Waals surface area contributed by atoms with Gasteiger partial charge in [0.2, 0.25) is 11.8 Å². The normalized spacial score (nSPS) is 11.9.